The zero-order valence-electron chi connectivity index (χ0n) is 13.6. The van der Waals surface area contributed by atoms with Crippen molar-refractivity contribution in [3.63, 3.8) is 0 Å². The standard InChI is InChI=1S/C19H21N5/c1-2-8-15(7-1)22-18-16-9-3-4-10-17(16)23-19(24-18)21-13-14-6-5-11-20-12-14/h3-6,9-12,15H,1-2,7-8,13H2,(H2,21,22,23,24). The molecule has 0 radical (unpaired) electrons. The molecule has 0 spiro atoms. The van der Waals surface area contributed by atoms with Crippen LogP contribution in [0, 0.1) is 0 Å². The van der Waals surface area contributed by atoms with Gasteiger partial charge in [0.25, 0.3) is 0 Å². The minimum absolute atomic E-state index is 0.523. The fourth-order valence-corrected chi connectivity index (χ4v) is 3.21. The molecular formula is C19H21N5. The molecular weight excluding hydrogens is 298 g/mol. The Kier molecular flexibility index (Phi) is 4.23. The molecule has 122 valence electrons. The molecule has 5 nitrogen and oxygen atoms in total. The number of hydrogen-bond donors (Lipinski definition) is 2. The van der Waals surface area contributed by atoms with Crippen LogP contribution in [0.15, 0.2) is 48.8 Å². The van der Waals surface area contributed by atoms with E-state index in [1.807, 2.05) is 36.5 Å². The first-order valence-corrected chi connectivity index (χ1v) is 8.54. The third-order valence-corrected chi connectivity index (χ3v) is 4.47. The van der Waals surface area contributed by atoms with Crippen molar-refractivity contribution in [3.05, 3.63) is 54.4 Å². The Morgan fingerprint density at radius 2 is 1.88 bits per heavy atom. The molecule has 1 aromatic carbocycles. The van der Waals surface area contributed by atoms with Gasteiger partial charge in [-0.15, -0.1) is 0 Å². The first-order valence-electron chi connectivity index (χ1n) is 8.54. The van der Waals surface area contributed by atoms with Crippen LogP contribution >= 0.6 is 0 Å². The largest absolute Gasteiger partial charge is 0.367 e. The molecule has 0 aliphatic heterocycles. The fourth-order valence-electron chi connectivity index (χ4n) is 3.21. The van der Waals surface area contributed by atoms with E-state index in [1.54, 1.807) is 6.20 Å². The maximum absolute atomic E-state index is 4.73. The van der Waals surface area contributed by atoms with Gasteiger partial charge in [-0.05, 0) is 36.6 Å². The smallest absolute Gasteiger partial charge is 0.225 e. The van der Waals surface area contributed by atoms with E-state index in [0.29, 0.717) is 18.5 Å². The summed E-state index contributed by atoms with van der Waals surface area (Å²) in [6.45, 7) is 0.662. The highest BCUT2D eigenvalue weighted by Gasteiger charge is 2.17. The van der Waals surface area contributed by atoms with Gasteiger partial charge in [0, 0.05) is 30.4 Å². The summed E-state index contributed by atoms with van der Waals surface area (Å²) >= 11 is 0. The van der Waals surface area contributed by atoms with Gasteiger partial charge in [-0.2, -0.15) is 4.98 Å². The van der Waals surface area contributed by atoms with Gasteiger partial charge in [0.2, 0.25) is 5.95 Å². The number of nitrogens with one attached hydrogen (secondary N) is 2. The predicted molar refractivity (Wildman–Crippen MR) is 97.0 cm³/mol. The molecule has 1 aliphatic carbocycles. The summed E-state index contributed by atoms with van der Waals surface area (Å²) in [6.07, 6.45) is 8.67. The van der Waals surface area contributed by atoms with E-state index in [0.717, 1.165) is 22.3 Å². The van der Waals surface area contributed by atoms with Crippen molar-refractivity contribution in [1.29, 1.82) is 0 Å². The minimum Gasteiger partial charge on any atom is -0.367 e. The number of para-hydroxylation sites is 1. The second-order valence-electron chi connectivity index (χ2n) is 6.25. The number of anilines is 2. The van der Waals surface area contributed by atoms with Crippen molar-refractivity contribution in [2.45, 2.75) is 38.3 Å². The van der Waals surface area contributed by atoms with Crippen LogP contribution in [0.1, 0.15) is 31.2 Å². The highest BCUT2D eigenvalue weighted by Crippen LogP contribution is 2.27. The van der Waals surface area contributed by atoms with Crippen LogP contribution in [-0.2, 0) is 6.54 Å². The summed E-state index contributed by atoms with van der Waals surface area (Å²) in [7, 11) is 0. The lowest BCUT2D eigenvalue weighted by Crippen LogP contribution is -2.17. The lowest BCUT2D eigenvalue weighted by Gasteiger charge is -2.16. The lowest BCUT2D eigenvalue weighted by atomic mass is 10.2. The molecule has 1 aliphatic rings. The fraction of sp³-hybridized carbons (Fsp3) is 0.316. The average Bonchev–Trinajstić information content (AvgIpc) is 3.14. The van der Waals surface area contributed by atoms with E-state index in [-0.39, 0.29) is 0 Å². The van der Waals surface area contributed by atoms with Gasteiger partial charge in [-0.3, -0.25) is 4.98 Å². The SMILES string of the molecule is c1cncc(CNc2nc(NC3CCCC3)c3ccccc3n2)c1. The minimum atomic E-state index is 0.523. The van der Waals surface area contributed by atoms with Gasteiger partial charge < -0.3 is 10.6 Å². The molecule has 2 aromatic heterocycles. The van der Waals surface area contributed by atoms with Crippen LogP contribution in [0.3, 0.4) is 0 Å². The number of fused-ring (bicyclic) bond motifs is 1. The van der Waals surface area contributed by atoms with Crippen LogP contribution in [0.2, 0.25) is 0 Å². The first kappa shape index (κ1) is 14.9. The maximum atomic E-state index is 4.73. The second kappa shape index (κ2) is 6.83. The van der Waals surface area contributed by atoms with Crippen molar-refractivity contribution in [2.75, 3.05) is 10.6 Å². The number of rotatable bonds is 5. The van der Waals surface area contributed by atoms with E-state index in [4.69, 9.17) is 4.98 Å². The molecule has 1 fully saturated rings. The first-order chi connectivity index (χ1) is 11.9. The van der Waals surface area contributed by atoms with Gasteiger partial charge in [0.05, 0.1) is 5.52 Å². The lowest BCUT2D eigenvalue weighted by molar-refractivity contribution is 0.751. The van der Waals surface area contributed by atoms with Crippen molar-refractivity contribution >= 4 is 22.7 Å². The summed E-state index contributed by atoms with van der Waals surface area (Å²) in [5.41, 5.74) is 2.07. The predicted octanol–water partition coefficient (Wildman–Crippen LogP) is 3.99. The zero-order chi connectivity index (χ0) is 16.2. The molecule has 0 atom stereocenters. The quantitative estimate of drug-likeness (QED) is 0.744. The number of nitrogens with zero attached hydrogens (tertiary/aromatic N) is 3. The Labute approximate surface area is 141 Å². The summed E-state index contributed by atoms with van der Waals surface area (Å²) in [5, 5.41) is 8.02. The number of aromatic nitrogens is 3. The zero-order valence-corrected chi connectivity index (χ0v) is 13.6. The molecule has 0 amide bonds. The molecule has 0 bridgehead atoms. The molecule has 4 rings (SSSR count). The highest BCUT2D eigenvalue weighted by molar-refractivity contribution is 5.90. The molecule has 2 heterocycles. The summed E-state index contributed by atoms with van der Waals surface area (Å²) in [6, 6.07) is 12.7. The number of pyridine rings is 1. The summed E-state index contributed by atoms with van der Waals surface area (Å²) in [5.74, 6) is 1.58. The van der Waals surface area contributed by atoms with E-state index in [1.165, 1.54) is 25.7 Å². The van der Waals surface area contributed by atoms with Crippen molar-refractivity contribution in [3.8, 4) is 0 Å². The normalized spacial score (nSPS) is 14.8. The maximum Gasteiger partial charge on any atom is 0.225 e. The molecule has 2 N–H and O–H groups in total. The van der Waals surface area contributed by atoms with Gasteiger partial charge in [0.15, 0.2) is 0 Å². The molecule has 0 unspecified atom stereocenters. The van der Waals surface area contributed by atoms with Crippen LogP contribution in [0.4, 0.5) is 11.8 Å². The Morgan fingerprint density at radius 1 is 1.00 bits per heavy atom. The molecule has 3 aromatic rings. The Morgan fingerprint density at radius 3 is 2.71 bits per heavy atom. The highest BCUT2D eigenvalue weighted by atomic mass is 15.1. The Balaban J connectivity index is 1.60. The summed E-state index contributed by atoms with van der Waals surface area (Å²) in [4.78, 5) is 13.5. The molecule has 0 saturated heterocycles. The number of hydrogen-bond acceptors (Lipinski definition) is 5. The van der Waals surface area contributed by atoms with Crippen LogP contribution in [0.5, 0.6) is 0 Å². The van der Waals surface area contributed by atoms with Crippen LogP contribution < -0.4 is 10.6 Å². The van der Waals surface area contributed by atoms with Crippen LogP contribution in [0.25, 0.3) is 10.9 Å². The average molecular weight is 319 g/mol. The topological polar surface area (TPSA) is 62.7 Å². The monoisotopic (exact) mass is 319 g/mol. The van der Waals surface area contributed by atoms with Gasteiger partial charge in [-0.1, -0.05) is 31.0 Å². The molecule has 1 saturated carbocycles. The van der Waals surface area contributed by atoms with E-state index in [2.05, 4.69) is 26.7 Å². The summed E-state index contributed by atoms with van der Waals surface area (Å²) < 4.78 is 0. The third kappa shape index (κ3) is 3.30. The van der Waals surface area contributed by atoms with Crippen LogP contribution in [-0.4, -0.2) is 21.0 Å². The van der Waals surface area contributed by atoms with E-state index >= 15 is 0 Å². The second-order valence-corrected chi connectivity index (χ2v) is 6.25. The Bertz CT molecular complexity index is 812. The van der Waals surface area contributed by atoms with Gasteiger partial charge >= 0.3 is 0 Å². The van der Waals surface area contributed by atoms with Gasteiger partial charge in [-0.25, -0.2) is 4.98 Å². The van der Waals surface area contributed by atoms with Crippen molar-refractivity contribution in [2.24, 2.45) is 0 Å². The molecule has 24 heavy (non-hydrogen) atoms. The van der Waals surface area contributed by atoms with Crippen molar-refractivity contribution in [1.82, 2.24) is 15.0 Å². The van der Waals surface area contributed by atoms with Crippen molar-refractivity contribution < 1.29 is 0 Å². The number of benzene rings is 1. The molecule has 5 heteroatoms. The van der Waals surface area contributed by atoms with Gasteiger partial charge in [0.1, 0.15) is 5.82 Å². The third-order valence-electron chi connectivity index (χ3n) is 4.47. The Hall–Kier alpha value is -2.69. The van der Waals surface area contributed by atoms with E-state index in [9.17, 15) is 0 Å². The van der Waals surface area contributed by atoms with E-state index < -0.39 is 0 Å².